The lowest BCUT2D eigenvalue weighted by Gasteiger charge is -2.01. The molecule has 0 nitrogen and oxygen atoms in total. The molecule has 0 N–H and O–H groups in total. The van der Waals surface area contributed by atoms with Crippen LogP contribution in [0.2, 0.25) is 0 Å². The first-order valence-electron chi connectivity index (χ1n) is 4.81. The largest absolute Gasteiger partial charge is 0.0844 e. The number of benzene rings is 1. The molecule has 0 bridgehead atoms. The Bertz CT molecular complexity index is 356. The van der Waals surface area contributed by atoms with Gasteiger partial charge in [-0.25, -0.2) is 0 Å². The minimum Gasteiger partial charge on any atom is -0.0844 e. The van der Waals surface area contributed by atoms with Crippen LogP contribution in [0.5, 0.6) is 0 Å². The molecule has 0 radical (unpaired) electrons. The van der Waals surface area contributed by atoms with Gasteiger partial charge in [-0.2, -0.15) is 0 Å². The van der Waals surface area contributed by atoms with Gasteiger partial charge in [-0.05, 0) is 30.9 Å². The Morgan fingerprint density at radius 1 is 1.08 bits per heavy atom. The molecule has 1 aliphatic rings. The van der Waals surface area contributed by atoms with E-state index in [0.717, 1.165) is 0 Å². The summed E-state index contributed by atoms with van der Waals surface area (Å²) in [5.74, 6) is 0. The summed E-state index contributed by atoms with van der Waals surface area (Å²) in [7, 11) is 0. The molecule has 0 saturated heterocycles. The van der Waals surface area contributed by atoms with Crippen molar-refractivity contribution in [1.29, 1.82) is 0 Å². The molecule has 0 atom stereocenters. The zero-order valence-electron chi connectivity index (χ0n) is 7.96. The molecule has 0 fully saturated rings. The minimum atomic E-state index is 1.17. The van der Waals surface area contributed by atoms with Crippen LogP contribution in [-0.2, 0) is 6.42 Å². The lowest BCUT2D eigenvalue weighted by atomic mass is 10.0. The molecule has 0 heterocycles. The first kappa shape index (κ1) is 8.31. The third-order valence-electron chi connectivity index (χ3n) is 2.59. The van der Waals surface area contributed by atoms with Crippen LogP contribution in [0.15, 0.2) is 42.0 Å². The van der Waals surface area contributed by atoms with Crippen LogP contribution < -0.4 is 0 Å². The van der Waals surface area contributed by atoms with Gasteiger partial charge < -0.3 is 0 Å². The van der Waals surface area contributed by atoms with Crippen molar-refractivity contribution in [2.75, 3.05) is 0 Å². The lowest BCUT2D eigenvalue weighted by molar-refractivity contribution is 0.969. The van der Waals surface area contributed by atoms with Crippen LogP contribution in [0, 0.1) is 0 Å². The molecule has 0 aromatic heterocycles. The highest BCUT2D eigenvalue weighted by atomic mass is 14.1. The Morgan fingerprint density at radius 2 is 1.92 bits per heavy atom. The first-order chi connectivity index (χ1) is 6.40. The predicted molar refractivity (Wildman–Crippen MR) is 57.6 cm³/mol. The quantitative estimate of drug-likeness (QED) is 0.558. The molecule has 0 aliphatic heterocycles. The molecule has 0 spiro atoms. The van der Waals surface area contributed by atoms with Crippen molar-refractivity contribution in [2.45, 2.75) is 19.8 Å². The van der Waals surface area contributed by atoms with E-state index in [1.807, 2.05) is 0 Å². The van der Waals surface area contributed by atoms with E-state index in [1.165, 1.54) is 29.5 Å². The van der Waals surface area contributed by atoms with E-state index in [2.05, 4.69) is 49.4 Å². The Morgan fingerprint density at radius 3 is 2.77 bits per heavy atom. The normalized spacial score (nSPS) is 18.4. The van der Waals surface area contributed by atoms with Gasteiger partial charge in [0.2, 0.25) is 0 Å². The second kappa shape index (κ2) is 3.61. The van der Waals surface area contributed by atoms with Gasteiger partial charge in [0.1, 0.15) is 0 Å². The van der Waals surface area contributed by atoms with E-state index in [1.54, 1.807) is 0 Å². The van der Waals surface area contributed by atoms with Gasteiger partial charge in [0, 0.05) is 0 Å². The van der Waals surface area contributed by atoms with E-state index in [-0.39, 0.29) is 0 Å². The summed E-state index contributed by atoms with van der Waals surface area (Å²) < 4.78 is 0. The molecule has 2 rings (SSSR count). The summed E-state index contributed by atoms with van der Waals surface area (Å²) in [5.41, 5.74) is 4.28. The van der Waals surface area contributed by atoms with Crippen LogP contribution in [0.1, 0.15) is 24.5 Å². The summed E-state index contributed by atoms with van der Waals surface area (Å²) in [6.07, 6.45) is 8.98. The van der Waals surface area contributed by atoms with Gasteiger partial charge in [0.15, 0.2) is 0 Å². The zero-order chi connectivity index (χ0) is 9.10. The molecule has 0 saturated carbocycles. The Balaban J connectivity index is 2.39. The fraction of sp³-hybridized carbons (Fsp3) is 0.231. The Labute approximate surface area is 79.6 Å². The number of allylic oxidation sites excluding steroid dienone is 3. The van der Waals surface area contributed by atoms with Crippen LogP contribution in [0.3, 0.4) is 0 Å². The average Bonchev–Trinajstić information content (AvgIpc) is 2.39. The van der Waals surface area contributed by atoms with Crippen molar-refractivity contribution in [3.63, 3.8) is 0 Å². The van der Waals surface area contributed by atoms with Gasteiger partial charge in [-0.1, -0.05) is 48.1 Å². The maximum atomic E-state index is 2.23. The molecule has 1 aliphatic carbocycles. The molecule has 1 aromatic rings. The van der Waals surface area contributed by atoms with Crippen molar-refractivity contribution < 1.29 is 0 Å². The van der Waals surface area contributed by atoms with E-state index in [9.17, 15) is 0 Å². The van der Waals surface area contributed by atoms with Gasteiger partial charge in [0.05, 0.1) is 0 Å². The molecular weight excluding hydrogens is 156 g/mol. The summed E-state index contributed by atoms with van der Waals surface area (Å²) >= 11 is 0. The Kier molecular flexibility index (Phi) is 2.31. The molecule has 66 valence electrons. The number of hydrogen-bond donors (Lipinski definition) is 0. The molecule has 1 aromatic carbocycles. The van der Waals surface area contributed by atoms with Gasteiger partial charge in [0.25, 0.3) is 0 Å². The molecule has 0 amide bonds. The summed E-state index contributed by atoms with van der Waals surface area (Å²) in [4.78, 5) is 0. The van der Waals surface area contributed by atoms with Gasteiger partial charge >= 0.3 is 0 Å². The monoisotopic (exact) mass is 170 g/mol. The standard InChI is InChI=1S/C13H14/c1-2-11-7-9-12-5-3-4-6-13(12)10-8-11/h2-7,9H,8,10H2,1H3/b11-2+. The first-order valence-corrected chi connectivity index (χ1v) is 4.81. The van der Waals surface area contributed by atoms with Crippen molar-refractivity contribution in [2.24, 2.45) is 0 Å². The highest BCUT2D eigenvalue weighted by Gasteiger charge is 2.03. The Hall–Kier alpha value is -1.30. The van der Waals surface area contributed by atoms with Gasteiger partial charge in [-0.15, -0.1) is 0 Å². The molecular formula is C13H14. The number of aryl methyl sites for hydroxylation is 1. The molecule has 0 heteroatoms. The SMILES string of the molecule is C/C=C1\C=Cc2ccccc2CC1. The third kappa shape index (κ3) is 1.72. The second-order valence-corrected chi connectivity index (χ2v) is 3.40. The van der Waals surface area contributed by atoms with Crippen molar-refractivity contribution in [3.05, 3.63) is 53.1 Å². The van der Waals surface area contributed by atoms with Crippen LogP contribution in [-0.4, -0.2) is 0 Å². The number of rotatable bonds is 0. The topological polar surface area (TPSA) is 0 Å². The lowest BCUT2D eigenvalue weighted by Crippen LogP contribution is -1.86. The molecule has 0 unspecified atom stereocenters. The molecule has 13 heavy (non-hydrogen) atoms. The van der Waals surface area contributed by atoms with E-state index < -0.39 is 0 Å². The summed E-state index contributed by atoms with van der Waals surface area (Å²) in [6, 6.07) is 8.62. The number of fused-ring (bicyclic) bond motifs is 1. The predicted octanol–water partition coefficient (Wildman–Crippen LogP) is 3.59. The highest BCUT2D eigenvalue weighted by molar-refractivity contribution is 5.58. The van der Waals surface area contributed by atoms with Crippen molar-refractivity contribution in [1.82, 2.24) is 0 Å². The van der Waals surface area contributed by atoms with E-state index >= 15 is 0 Å². The fourth-order valence-electron chi connectivity index (χ4n) is 1.72. The maximum absolute atomic E-state index is 2.23. The fourth-order valence-corrected chi connectivity index (χ4v) is 1.72. The third-order valence-corrected chi connectivity index (χ3v) is 2.59. The van der Waals surface area contributed by atoms with E-state index in [0.29, 0.717) is 0 Å². The zero-order valence-corrected chi connectivity index (χ0v) is 7.96. The van der Waals surface area contributed by atoms with Crippen molar-refractivity contribution in [3.8, 4) is 0 Å². The summed E-state index contributed by atoms with van der Waals surface area (Å²) in [6.45, 7) is 2.11. The number of hydrogen-bond acceptors (Lipinski definition) is 0. The average molecular weight is 170 g/mol. The van der Waals surface area contributed by atoms with Crippen LogP contribution in [0.25, 0.3) is 6.08 Å². The summed E-state index contributed by atoms with van der Waals surface area (Å²) in [5, 5.41) is 0. The van der Waals surface area contributed by atoms with Crippen molar-refractivity contribution >= 4 is 6.08 Å². The van der Waals surface area contributed by atoms with Crippen LogP contribution in [0.4, 0.5) is 0 Å². The highest BCUT2D eigenvalue weighted by Crippen LogP contribution is 2.20. The van der Waals surface area contributed by atoms with E-state index in [4.69, 9.17) is 0 Å². The van der Waals surface area contributed by atoms with Gasteiger partial charge in [-0.3, -0.25) is 0 Å². The minimum absolute atomic E-state index is 1.17. The maximum Gasteiger partial charge on any atom is -0.0224 e. The smallest absolute Gasteiger partial charge is 0.0224 e. The van der Waals surface area contributed by atoms with Crippen LogP contribution >= 0.6 is 0 Å². The second-order valence-electron chi connectivity index (χ2n) is 3.40.